The molecule has 0 saturated heterocycles. The van der Waals surface area contributed by atoms with Gasteiger partial charge in [0, 0.05) is 6.42 Å². The van der Waals surface area contributed by atoms with Crippen molar-refractivity contribution in [2.75, 3.05) is 6.61 Å². The molecule has 0 radical (unpaired) electrons. The van der Waals surface area contributed by atoms with E-state index in [4.69, 9.17) is 4.74 Å². The number of hydrogen-bond donors (Lipinski definition) is 3. The van der Waals surface area contributed by atoms with Crippen LogP contribution in [0.4, 0.5) is 0 Å². The molecule has 3 atom stereocenters. The van der Waals surface area contributed by atoms with Gasteiger partial charge in [-0.05, 0) is 51.4 Å². The molecule has 0 aromatic heterocycles. The lowest BCUT2D eigenvalue weighted by atomic mass is 10.0. The number of hydrogen-bond acceptors (Lipinski definition) is 5. The van der Waals surface area contributed by atoms with Crippen LogP contribution in [0.15, 0.2) is 12.2 Å². The molecule has 0 bridgehead atoms. The largest absolute Gasteiger partial charge is 0.462 e. The van der Waals surface area contributed by atoms with Crippen molar-refractivity contribution in [3.8, 4) is 0 Å². The van der Waals surface area contributed by atoms with E-state index in [1.165, 1.54) is 186 Å². The van der Waals surface area contributed by atoms with Crippen molar-refractivity contribution in [3.63, 3.8) is 0 Å². The molecule has 0 aliphatic rings. The number of allylic oxidation sites excluding steroid dienone is 2. The van der Waals surface area contributed by atoms with Crippen molar-refractivity contribution < 1.29 is 24.5 Å². The highest BCUT2D eigenvalue weighted by atomic mass is 16.5. The van der Waals surface area contributed by atoms with E-state index >= 15 is 0 Å². The van der Waals surface area contributed by atoms with E-state index in [9.17, 15) is 19.8 Å². The zero-order valence-electron chi connectivity index (χ0n) is 39.9. The number of nitrogens with one attached hydrogen (secondary N) is 1. The Morgan fingerprint density at radius 3 is 1.22 bits per heavy atom. The van der Waals surface area contributed by atoms with Crippen molar-refractivity contribution in [1.82, 2.24) is 5.32 Å². The van der Waals surface area contributed by atoms with Crippen molar-refractivity contribution >= 4 is 11.9 Å². The van der Waals surface area contributed by atoms with Crippen LogP contribution in [0.25, 0.3) is 0 Å². The summed E-state index contributed by atoms with van der Waals surface area (Å²) in [5.74, 6) is -0.472. The molecule has 1 amide bonds. The highest BCUT2D eigenvalue weighted by Crippen LogP contribution is 2.18. The molecule has 3 N–H and O–H groups in total. The van der Waals surface area contributed by atoms with Crippen LogP contribution in [0.2, 0.25) is 0 Å². The van der Waals surface area contributed by atoms with E-state index in [2.05, 4.69) is 38.2 Å². The second kappa shape index (κ2) is 47.6. The fraction of sp³-hybridized carbons (Fsp3) is 0.925. The first-order valence-electron chi connectivity index (χ1n) is 26.4. The Morgan fingerprint density at radius 2 is 0.814 bits per heavy atom. The van der Waals surface area contributed by atoms with Gasteiger partial charge in [0.05, 0.1) is 25.2 Å². The molecule has 0 aromatic rings. The highest BCUT2D eigenvalue weighted by Gasteiger charge is 2.24. The molecule has 0 spiro atoms. The normalized spacial score (nSPS) is 13.2. The van der Waals surface area contributed by atoms with E-state index in [1.807, 2.05) is 0 Å². The lowest BCUT2D eigenvalue weighted by Crippen LogP contribution is -2.46. The third-order valence-electron chi connectivity index (χ3n) is 12.3. The quantitative estimate of drug-likeness (QED) is 0.0322. The SMILES string of the molecule is CCCCCCCCCCC/C=C/CCCCCC(CC(=O)NC(CO)C(O)CCCCCCCCCCCCCC)OC(=O)CCCCCCCCCCCCCC. The predicted molar refractivity (Wildman–Crippen MR) is 255 cm³/mol. The lowest BCUT2D eigenvalue weighted by molar-refractivity contribution is -0.151. The van der Waals surface area contributed by atoms with Crippen LogP contribution < -0.4 is 5.32 Å². The summed E-state index contributed by atoms with van der Waals surface area (Å²) in [6.07, 6.45) is 52.7. The summed E-state index contributed by atoms with van der Waals surface area (Å²) in [7, 11) is 0. The summed E-state index contributed by atoms with van der Waals surface area (Å²) in [6, 6.07) is -0.699. The minimum absolute atomic E-state index is 0.0741. The summed E-state index contributed by atoms with van der Waals surface area (Å²) in [5, 5.41) is 23.8. The lowest BCUT2D eigenvalue weighted by Gasteiger charge is -2.24. The van der Waals surface area contributed by atoms with Gasteiger partial charge in [-0.15, -0.1) is 0 Å². The van der Waals surface area contributed by atoms with E-state index < -0.39 is 18.2 Å². The first kappa shape index (κ1) is 57.6. The maximum Gasteiger partial charge on any atom is 0.306 e. The summed E-state index contributed by atoms with van der Waals surface area (Å²) < 4.78 is 5.93. The van der Waals surface area contributed by atoms with E-state index in [-0.39, 0.29) is 24.9 Å². The number of carbonyl (C=O) groups is 2. The molecule has 59 heavy (non-hydrogen) atoms. The van der Waals surface area contributed by atoms with Crippen molar-refractivity contribution in [1.29, 1.82) is 0 Å². The van der Waals surface area contributed by atoms with Gasteiger partial charge in [-0.25, -0.2) is 0 Å². The van der Waals surface area contributed by atoms with Gasteiger partial charge < -0.3 is 20.3 Å². The minimum Gasteiger partial charge on any atom is -0.462 e. The average molecular weight is 834 g/mol. The number of amides is 1. The first-order chi connectivity index (χ1) is 29.0. The molecule has 3 unspecified atom stereocenters. The number of aliphatic hydroxyl groups excluding tert-OH is 2. The van der Waals surface area contributed by atoms with Crippen LogP contribution >= 0.6 is 0 Å². The smallest absolute Gasteiger partial charge is 0.306 e. The van der Waals surface area contributed by atoms with Gasteiger partial charge in [0.15, 0.2) is 0 Å². The van der Waals surface area contributed by atoms with Crippen LogP contribution in [0.3, 0.4) is 0 Å². The monoisotopic (exact) mass is 834 g/mol. The summed E-state index contributed by atoms with van der Waals surface area (Å²) in [6.45, 7) is 6.50. The Balaban J connectivity index is 4.56. The molecule has 6 heteroatoms. The minimum atomic E-state index is -0.785. The number of aliphatic hydroxyl groups is 2. The Morgan fingerprint density at radius 1 is 0.475 bits per heavy atom. The standard InChI is InChI=1S/C53H103NO5/c1-4-7-10-13-16-19-22-25-26-27-28-29-32-35-38-41-44-49(59-53(58)46-43-40-37-34-31-24-21-18-15-12-9-6-3)47-52(57)54-50(48-55)51(56)45-42-39-36-33-30-23-20-17-14-11-8-5-2/h28-29,49-51,55-56H,4-27,30-48H2,1-3H3,(H,54,57)/b29-28+. The second-order valence-electron chi connectivity index (χ2n) is 18.3. The van der Waals surface area contributed by atoms with Gasteiger partial charge in [0.1, 0.15) is 6.10 Å². The molecular formula is C53H103NO5. The van der Waals surface area contributed by atoms with Crippen LogP contribution in [-0.4, -0.2) is 46.9 Å². The first-order valence-corrected chi connectivity index (χ1v) is 26.4. The van der Waals surface area contributed by atoms with Gasteiger partial charge in [-0.2, -0.15) is 0 Å². The van der Waals surface area contributed by atoms with Crippen LogP contribution in [-0.2, 0) is 14.3 Å². The average Bonchev–Trinajstić information content (AvgIpc) is 3.23. The molecule has 0 saturated carbocycles. The van der Waals surface area contributed by atoms with Crippen LogP contribution in [0.5, 0.6) is 0 Å². The zero-order valence-corrected chi connectivity index (χ0v) is 39.9. The van der Waals surface area contributed by atoms with E-state index in [0.717, 1.165) is 57.8 Å². The number of unbranched alkanes of at least 4 members (excludes halogenated alkanes) is 34. The second-order valence-corrected chi connectivity index (χ2v) is 18.3. The van der Waals surface area contributed by atoms with E-state index in [1.54, 1.807) is 0 Å². The van der Waals surface area contributed by atoms with Crippen molar-refractivity contribution in [2.45, 2.75) is 309 Å². The molecule has 350 valence electrons. The van der Waals surface area contributed by atoms with Gasteiger partial charge in [0.2, 0.25) is 5.91 Å². The van der Waals surface area contributed by atoms with Crippen LogP contribution in [0, 0.1) is 0 Å². The Kier molecular flexibility index (Phi) is 46.5. The maximum atomic E-state index is 13.2. The third kappa shape index (κ3) is 43.1. The number of rotatable bonds is 48. The molecule has 0 aromatic carbocycles. The molecule has 0 heterocycles. The summed E-state index contributed by atoms with van der Waals surface area (Å²) >= 11 is 0. The summed E-state index contributed by atoms with van der Waals surface area (Å²) in [4.78, 5) is 26.1. The van der Waals surface area contributed by atoms with Crippen molar-refractivity contribution in [2.24, 2.45) is 0 Å². The topological polar surface area (TPSA) is 95.9 Å². The molecule has 0 fully saturated rings. The predicted octanol–water partition coefficient (Wildman–Crippen LogP) is 15.7. The Labute approximate surface area is 368 Å². The fourth-order valence-electron chi connectivity index (χ4n) is 8.31. The number of ether oxygens (including phenoxy) is 1. The van der Waals surface area contributed by atoms with Gasteiger partial charge in [-0.1, -0.05) is 238 Å². The number of esters is 1. The van der Waals surface area contributed by atoms with Gasteiger partial charge in [0.25, 0.3) is 0 Å². The third-order valence-corrected chi connectivity index (χ3v) is 12.3. The number of carbonyl (C=O) groups excluding carboxylic acids is 2. The Bertz CT molecular complexity index is 893. The molecule has 6 nitrogen and oxygen atoms in total. The molecular weight excluding hydrogens is 731 g/mol. The molecule has 0 aliphatic carbocycles. The van der Waals surface area contributed by atoms with Gasteiger partial charge >= 0.3 is 5.97 Å². The highest BCUT2D eigenvalue weighted by molar-refractivity contribution is 5.77. The van der Waals surface area contributed by atoms with Crippen LogP contribution in [0.1, 0.15) is 290 Å². The van der Waals surface area contributed by atoms with Gasteiger partial charge in [-0.3, -0.25) is 9.59 Å². The molecule has 0 rings (SSSR count). The van der Waals surface area contributed by atoms with E-state index in [0.29, 0.717) is 19.3 Å². The maximum absolute atomic E-state index is 13.2. The Hall–Kier alpha value is -1.40. The van der Waals surface area contributed by atoms with Crippen molar-refractivity contribution in [3.05, 3.63) is 12.2 Å². The zero-order chi connectivity index (χ0) is 43.1. The molecule has 0 aliphatic heterocycles. The fourth-order valence-corrected chi connectivity index (χ4v) is 8.31. The summed E-state index contributed by atoms with van der Waals surface area (Å²) in [5.41, 5.74) is 0.